The summed E-state index contributed by atoms with van der Waals surface area (Å²) in [6, 6.07) is 6.72. The van der Waals surface area contributed by atoms with Crippen LogP contribution in [0.2, 0.25) is 0 Å². The molecule has 1 saturated heterocycles. The van der Waals surface area contributed by atoms with Gasteiger partial charge in [0.2, 0.25) is 5.91 Å². The second kappa shape index (κ2) is 6.33. The molecule has 2 rings (SSSR count). The van der Waals surface area contributed by atoms with Crippen molar-refractivity contribution in [3.63, 3.8) is 0 Å². The highest BCUT2D eigenvalue weighted by Gasteiger charge is 2.42. The molecule has 1 aromatic rings. The van der Waals surface area contributed by atoms with Crippen LogP contribution in [0.3, 0.4) is 0 Å². The van der Waals surface area contributed by atoms with Gasteiger partial charge in [-0.1, -0.05) is 18.2 Å². The molecule has 1 aliphatic rings. The number of primary amides is 1. The lowest BCUT2D eigenvalue weighted by atomic mass is 9.92. The molecule has 1 heterocycles. The summed E-state index contributed by atoms with van der Waals surface area (Å²) < 4.78 is 19.1. The number of hydrogen-bond donors (Lipinski definition) is 1. The van der Waals surface area contributed by atoms with E-state index in [2.05, 4.69) is 4.90 Å². The number of nitrogens with zero attached hydrogens (tertiary/aromatic N) is 1. The third kappa shape index (κ3) is 3.16. The zero-order valence-corrected chi connectivity index (χ0v) is 11.8. The summed E-state index contributed by atoms with van der Waals surface area (Å²) >= 11 is 0. The van der Waals surface area contributed by atoms with Gasteiger partial charge >= 0.3 is 0 Å². The van der Waals surface area contributed by atoms with Crippen LogP contribution in [-0.4, -0.2) is 36.6 Å². The van der Waals surface area contributed by atoms with Gasteiger partial charge in [0.1, 0.15) is 5.82 Å². The van der Waals surface area contributed by atoms with E-state index in [4.69, 9.17) is 10.5 Å². The first-order valence-electron chi connectivity index (χ1n) is 6.83. The van der Waals surface area contributed by atoms with Crippen molar-refractivity contribution in [3.05, 3.63) is 35.6 Å². The predicted octanol–water partition coefficient (Wildman–Crippen LogP) is 1.68. The van der Waals surface area contributed by atoms with Gasteiger partial charge < -0.3 is 10.5 Å². The fourth-order valence-corrected chi connectivity index (χ4v) is 3.08. The number of halogens is 1. The maximum Gasteiger partial charge on any atom is 0.219 e. The molecule has 0 unspecified atom stereocenters. The van der Waals surface area contributed by atoms with Crippen molar-refractivity contribution in [3.8, 4) is 0 Å². The zero-order chi connectivity index (χ0) is 14.6. The van der Waals surface area contributed by atoms with Gasteiger partial charge in [-0.15, -0.1) is 0 Å². The Balaban J connectivity index is 2.20. The van der Waals surface area contributed by atoms with Crippen LogP contribution in [0.4, 0.5) is 4.39 Å². The Morgan fingerprint density at radius 3 is 2.90 bits per heavy atom. The van der Waals surface area contributed by atoms with Gasteiger partial charge in [0, 0.05) is 25.6 Å². The normalized spacial score (nSPS) is 23.1. The number of nitrogens with two attached hydrogens (primary N) is 1. The van der Waals surface area contributed by atoms with E-state index in [1.54, 1.807) is 19.2 Å². The van der Waals surface area contributed by atoms with Gasteiger partial charge in [-0.25, -0.2) is 4.39 Å². The molecule has 0 aliphatic carbocycles. The van der Waals surface area contributed by atoms with Crippen LogP contribution in [0, 0.1) is 5.82 Å². The van der Waals surface area contributed by atoms with E-state index in [1.165, 1.54) is 6.07 Å². The summed E-state index contributed by atoms with van der Waals surface area (Å²) in [4.78, 5) is 13.5. The molecule has 4 nitrogen and oxygen atoms in total. The third-order valence-corrected chi connectivity index (χ3v) is 3.98. The Kier molecular flexibility index (Phi) is 4.73. The van der Waals surface area contributed by atoms with Crippen molar-refractivity contribution in [2.45, 2.75) is 31.3 Å². The Morgan fingerprint density at radius 1 is 1.50 bits per heavy atom. The lowest BCUT2D eigenvalue weighted by molar-refractivity contribution is -0.121. The first-order chi connectivity index (χ1) is 9.57. The number of likely N-dealkylation sites (tertiary alicyclic amines) is 1. The Bertz CT molecular complexity index is 481. The van der Waals surface area contributed by atoms with Gasteiger partial charge in [0.25, 0.3) is 0 Å². The monoisotopic (exact) mass is 280 g/mol. The van der Waals surface area contributed by atoms with Crippen LogP contribution in [0.25, 0.3) is 0 Å². The van der Waals surface area contributed by atoms with Crippen LogP contribution < -0.4 is 5.73 Å². The van der Waals surface area contributed by atoms with Crippen LogP contribution >= 0.6 is 0 Å². The van der Waals surface area contributed by atoms with Crippen molar-refractivity contribution >= 4 is 5.91 Å². The Labute approximate surface area is 118 Å². The smallest absolute Gasteiger partial charge is 0.219 e. The van der Waals surface area contributed by atoms with Gasteiger partial charge in [-0.2, -0.15) is 0 Å². The number of carbonyl (C=O) groups excluding carboxylic acids is 1. The third-order valence-electron chi connectivity index (χ3n) is 3.98. The number of benzene rings is 1. The topological polar surface area (TPSA) is 55.6 Å². The molecule has 1 aromatic carbocycles. The fraction of sp³-hybridized carbons (Fsp3) is 0.533. The largest absolute Gasteiger partial charge is 0.383 e. The van der Waals surface area contributed by atoms with E-state index in [9.17, 15) is 9.18 Å². The number of amides is 1. The van der Waals surface area contributed by atoms with E-state index in [-0.39, 0.29) is 18.1 Å². The summed E-state index contributed by atoms with van der Waals surface area (Å²) in [5.74, 6) is -0.563. The summed E-state index contributed by atoms with van der Waals surface area (Å²) in [5.41, 5.74) is 5.62. The molecule has 110 valence electrons. The van der Waals surface area contributed by atoms with Crippen LogP contribution in [0.15, 0.2) is 24.3 Å². The molecule has 20 heavy (non-hydrogen) atoms. The molecule has 1 fully saturated rings. The van der Waals surface area contributed by atoms with Crippen molar-refractivity contribution in [2.24, 2.45) is 5.73 Å². The second-order valence-corrected chi connectivity index (χ2v) is 5.42. The summed E-state index contributed by atoms with van der Waals surface area (Å²) in [6.07, 6.45) is 2.05. The maximum absolute atomic E-state index is 13.8. The minimum atomic E-state index is -0.400. The van der Waals surface area contributed by atoms with Gasteiger partial charge in [-0.05, 0) is 25.5 Å². The summed E-state index contributed by atoms with van der Waals surface area (Å²) in [7, 11) is 1.61. The van der Waals surface area contributed by atoms with Crippen LogP contribution in [0.1, 0.15) is 24.8 Å². The molecular formula is C15H21FN2O2. The number of rotatable bonds is 6. The van der Waals surface area contributed by atoms with E-state index < -0.39 is 5.54 Å². The van der Waals surface area contributed by atoms with Gasteiger partial charge in [0.05, 0.1) is 12.1 Å². The number of carbonyl (C=O) groups is 1. The number of methoxy groups -OCH3 is 1. The van der Waals surface area contributed by atoms with Crippen LogP contribution in [0.5, 0.6) is 0 Å². The highest BCUT2D eigenvalue weighted by molar-refractivity contribution is 5.75. The molecule has 1 amide bonds. The Hall–Kier alpha value is -1.46. The summed E-state index contributed by atoms with van der Waals surface area (Å²) in [5, 5.41) is 0. The average Bonchev–Trinajstić information content (AvgIpc) is 2.75. The molecule has 0 aromatic heterocycles. The molecule has 1 aliphatic heterocycles. The average molecular weight is 280 g/mol. The highest BCUT2D eigenvalue weighted by atomic mass is 19.1. The molecule has 0 bridgehead atoms. The van der Waals surface area contributed by atoms with E-state index in [0.717, 1.165) is 19.4 Å². The van der Waals surface area contributed by atoms with Crippen molar-refractivity contribution < 1.29 is 13.9 Å². The molecule has 2 N–H and O–H groups in total. The summed E-state index contributed by atoms with van der Waals surface area (Å²) in [6.45, 7) is 1.73. The first-order valence-corrected chi connectivity index (χ1v) is 6.83. The first kappa shape index (κ1) is 14.9. The maximum atomic E-state index is 13.8. The van der Waals surface area contributed by atoms with Gasteiger partial charge in [0.15, 0.2) is 0 Å². The van der Waals surface area contributed by atoms with Crippen LogP contribution in [-0.2, 0) is 16.1 Å². The lowest BCUT2D eigenvalue weighted by Gasteiger charge is -2.37. The van der Waals surface area contributed by atoms with Crippen molar-refractivity contribution in [1.82, 2.24) is 4.90 Å². The zero-order valence-electron chi connectivity index (χ0n) is 11.8. The quantitative estimate of drug-likeness (QED) is 0.862. The van der Waals surface area contributed by atoms with E-state index in [1.807, 2.05) is 6.07 Å². The fourth-order valence-electron chi connectivity index (χ4n) is 3.08. The standard InChI is InChI=1S/C15H21FN2O2/c1-20-11-15(9-14(17)19)7-4-8-18(15)10-12-5-2-3-6-13(12)16/h2-3,5-6H,4,7-11H2,1H3,(H2,17,19)/t15-/m0/s1. The van der Waals surface area contributed by atoms with Crippen molar-refractivity contribution in [1.29, 1.82) is 0 Å². The molecule has 0 radical (unpaired) electrons. The number of hydrogen-bond acceptors (Lipinski definition) is 3. The highest BCUT2D eigenvalue weighted by Crippen LogP contribution is 2.34. The second-order valence-electron chi connectivity index (χ2n) is 5.42. The predicted molar refractivity (Wildman–Crippen MR) is 74.5 cm³/mol. The molecule has 0 spiro atoms. The molecule has 5 heteroatoms. The van der Waals surface area contributed by atoms with Gasteiger partial charge in [-0.3, -0.25) is 9.69 Å². The van der Waals surface area contributed by atoms with Crippen molar-refractivity contribution in [2.75, 3.05) is 20.3 Å². The SMILES string of the molecule is COC[C@@]1(CC(N)=O)CCCN1Cc1ccccc1F. The Morgan fingerprint density at radius 2 is 2.25 bits per heavy atom. The number of ether oxygens (including phenoxy) is 1. The minimum Gasteiger partial charge on any atom is -0.383 e. The molecular weight excluding hydrogens is 259 g/mol. The molecule has 1 atom stereocenters. The van der Waals surface area contributed by atoms with E-state index in [0.29, 0.717) is 18.7 Å². The minimum absolute atomic E-state index is 0.218. The van der Waals surface area contributed by atoms with E-state index >= 15 is 0 Å². The molecule has 0 saturated carbocycles. The lowest BCUT2D eigenvalue weighted by Crippen LogP contribution is -2.49.